The zero-order valence-corrected chi connectivity index (χ0v) is 17.2. The molecule has 1 amide bonds. The largest absolute Gasteiger partial charge is 0.416 e. The molecule has 0 unspecified atom stereocenters. The monoisotopic (exact) mass is 484 g/mol. The maximum Gasteiger partial charge on any atom is 0.416 e. The van der Waals surface area contributed by atoms with Gasteiger partial charge < -0.3 is 9.88 Å². The van der Waals surface area contributed by atoms with E-state index in [9.17, 15) is 22.4 Å². The minimum atomic E-state index is -4.34. The number of benzene rings is 2. The van der Waals surface area contributed by atoms with Gasteiger partial charge in [0, 0.05) is 38.8 Å². The lowest BCUT2D eigenvalue weighted by atomic mass is 10.1. The summed E-state index contributed by atoms with van der Waals surface area (Å²) in [7, 11) is 0. The van der Waals surface area contributed by atoms with Gasteiger partial charge in [-0.2, -0.15) is 13.2 Å². The molecule has 0 atom stereocenters. The van der Waals surface area contributed by atoms with Gasteiger partial charge in [-0.25, -0.2) is 9.37 Å². The zero-order valence-electron chi connectivity index (χ0n) is 15.6. The van der Waals surface area contributed by atoms with Gasteiger partial charge in [-0.3, -0.25) is 9.69 Å². The number of piperazine rings is 1. The summed E-state index contributed by atoms with van der Waals surface area (Å²) in [6.07, 6.45) is -4.34. The fourth-order valence-corrected chi connectivity index (χ4v) is 3.75. The van der Waals surface area contributed by atoms with Crippen molar-refractivity contribution < 1.29 is 22.4 Å². The third-order valence-corrected chi connectivity index (χ3v) is 5.68. The summed E-state index contributed by atoms with van der Waals surface area (Å²) in [5.74, 6) is -0.558. The van der Waals surface area contributed by atoms with E-state index >= 15 is 0 Å². The molecular weight excluding hydrogens is 468 g/mol. The standard InChI is InChI=1S/C20H17BrF4N4O/c21-14-9-16-17(10-15(14)22)27-18(26-16)19(30)29-7-5-28(6-8-29)11-12-1-3-13(4-2-12)20(23,24)25/h1-4,9-10H,5-8,11H2,(H,26,27). The van der Waals surface area contributed by atoms with Gasteiger partial charge in [-0.15, -0.1) is 0 Å². The van der Waals surface area contributed by atoms with Gasteiger partial charge in [-0.1, -0.05) is 12.1 Å². The predicted octanol–water partition coefficient (Wildman–Crippen LogP) is 4.44. The first-order valence-corrected chi connectivity index (χ1v) is 10.0. The van der Waals surface area contributed by atoms with Crippen molar-refractivity contribution in [1.29, 1.82) is 0 Å². The van der Waals surface area contributed by atoms with Crippen molar-refractivity contribution in [2.45, 2.75) is 12.7 Å². The average molecular weight is 485 g/mol. The maximum atomic E-state index is 13.7. The second-order valence-corrected chi connectivity index (χ2v) is 7.99. The average Bonchev–Trinajstić information content (AvgIpc) is 3.11. The second-order valence-electron chi connectivity index (χ2n) is 7.13. The van der Waals surface area contributed by atoms with E-state index < -0.39 is 17.6 Å². The van der Waals surface area contributed by atoms with Crippen molar-refractivity contribution in [2.24, 2.45) is 0 Å². The van der Waals surface area contributed by atoms with Crippen molar-refractivity contribution in [3.05, 3.63) is 63.6 Å². The Kier molecular flexibility index (Phi) is 5.54. The number of hydrogen-bond donors (Lipinski definition) is 1. The van der Waals surface area contributed by atoms with Gasteiger partial charge in [-0.05, 0) is 39.7 Å². The Morgan fingerprint density at radius 2 is 1.77 bits per heavy atom. The summed E-state index contributed by atoms with van der Waals surface area (Å²) in [5, 5.41) is 0. The van der Waals surface area contributed by atoms with Crippen LogP contribution in [0, 0.1) is 5.82 Å². The SMILES string of the molecule is O=C(c1nc2cc(Br)c(F)cc2[nH]1)N1CCN(Cc2ccc(C(F)(F)F)cc2)CC1. The molecule has 1 aliphatic rings. The van der Waals surface area contributed by atoms with Crippen molar-refractivity contribution in [2.75, 3.05) is 26.2 Å². The summed E-state index contributed by atoms with van der Waals surface area (Å²) in [6, 6.07) is 7.92. The summed E-state index contributed by atoms with van der Waals surface area (Å²) in [4.78, 5) is 23.6. The Labute approximate surface area is 177 Å². The van der Waals surface area contributed by atoms with E-state index in [1.165, 1.54) is 24.3 Å². The number of rotatable bonds is 3. The fourth-order valence-electron chi connectivity index (χ4n) is 3.42. The lowest BCUT2D eigenvalue weighted by Crippen LogP contribution is -2.48. The molecule has 0 saturated carbocycles. The number of alkyl halides is 3. The molecule has 1 aromatic heterocycles. The van der Waals surface area contributed by atoms with Crippen LogP contribution in [0.3, 0.4) is 0 Å². The molecule has 2 heterocycles. The van der Waals surface area contributed by atoms with E-state index in [-0.39, 0.29) is 16.2 Å². The van der Waals surface area contributed by atoms with Crippen molar-refractivity contribution in [3.8, 4) is 0 Å². The second kappa shape index (κ2) is 7.99. The van der Waals surface area contributed by atoms with E-state index in [4.69, 9.17) is 0 Å². The van der Waals surface area contributed by atoms with E-state index in [1.54, 1.807) is 4.90 Å². The third kappa shape index (κ3) is 4.34. The number of aromatic nitrogens is 2. The van der Waals surface area contributed by atoms with Crippen molar-refractivity contribution in [1.82, 2.24) is 19.8 Å². The number of carbonyl (C=O) groups is 1. The number of nitrogens with zero attached hydrogens (tertiary/aromatic N) is 3. The molecule has 3 aromatic rings. The Balaban J connectivity index is 1.36. The minimum absolute atomic E-state index is 0.152. The number of amides is 1. The van der Waals surface area contributed by atoms with Gasteiger partial charge in [0.05, 0.1) is 21.1 Å². The molecule has 1 aliphatic heterocycles. The number of H-pyrrole nitrogens is 1. The first-order chi connectivity index (χ1) is 14.2. The quantitative estimate of drug-likeness (QED) is 0.559. The Morgan fingerprint density at radius 3 is 2.40 bits per heavy atom. The van der Waals surface area contributed by atoms with Gasteiger partial charge >= 0.3 is 6.18 Å². The summed E-state index contributed by atoms with van der Waals surface area (Å²) >= 11 is 3.10. The Hall–Kier alpha value is -2.46. The van der Waals surface area contributed by atoms with Crippen LogP contribution in [0.5, 0.6) is 0 Å². The predicted molar refractivity (Wildman–Crippen MR) is 106 cm³/mol. The lowest BCUT2D eigenvalue weighted by molar-refractivity contribution is -0.137. The molecule has 1 N–H and O–H groups in total. The van der Waals surface area contributed by atoms with E-state index in [0.29, 0.717) is 43.8 Å². The molecule has 2 aromatic carbocycles. The van der Waals surface area contributed by atoms with Crippen LogP contribution in [0.15, 0.2) is 40.9 Å². The van der Waals surface area contributed by atoms with Crippen LogP contribution in [0.2, 0.25) is 0 Å². The number of fused-ring (bicyclic) bond motifs is 1. The van der Waals surface area contributed by atoms with Crippen LogP contribution >= 0.6 is 15.9 Å². The number of nitrogens with one attached hydrogen (secondary N) is 1. The Bertz CT molecular complexity index is 1030. The number of halogens is 5. The first-order valence-electron chi connectivity index (χ1n) is 9.23. The molecule has 1 fully saturated rings. The molecule has 10 heteroatoms. The fraction of sp³-hybridized carbons (Fsp3) is 0.300. The smallest absolute Gasteiger partial charge is 0.334 e. The molecule has 1 saturated heterocycles. The highest BCUT2D eigenvalue weighted by Crippen LogP contribution is 2.29. The normalized spacial score (nSPS) is 15.7. The van der Waals surface area contributed by atoms with Crippen LogP contribution in [-0.4, -0.2) is 51.9 Å². The van der Waals surface area contributed by atoms with E-state index in [0.717, 1.165) is 17.7 Å². The molecule has 4 rings (SSSR count). The topological polar surface area (TPSA) is 52.2 Å². The summed E-state index contributed by atoms with van der Waals surface area (Å²) in [5.41, 5.74) is 1.06. The summed E-state index contributed by atoms with van der Waals surface area (Å²) < 4.78 is 51.9. The molecule has 0 radical (unpaired) electrons. The van der Waals surface area contributed by atoms with Gasteiger partial charge in [0.2, 0.25) is 0 Å². The maximum absolute atomic E-state index is 13.7. The highest BCUT2D eigenvalue weighted by Gasteiger charge is 2.30. The number of carbonyl (C=O) groups excluding carboxylic acids is 1. The van der Waals surface area contributed by atoms with Gasteiger partial charge in [0.15, 0.2) is 5.82 Å². The van der Waals surface area contributed by atoms with Crippen molar-refractivity contribution in [3.63, 3.8) is 0 Å². The van der Waals surface area contributed by atoms with Crippen LogP contribution in [0.1, 0.15) is 21.7 Å². The zero-order chi connectivity index (χ0) is 21.5. The van der Waals surface area contributed by atoms with Gasteiger partial charge in [0.25, 0.3) is 5.91 Å². The highest BCUT2D eigenvalue weighted by molar-refractivity contribution is 9.10. The molecular formula is C20H17BrF4N4O. The van der Waals surface area contributed by atoms with Crippen molar-refractivity contribution >= 4 is 32.9 Å². The molecule has 0 spiro atoms. The Morgan fingerprint density at radius 1 is 1.10 bits per heavy atom. The van der Waals surface area contributed by atoms with Crippen LogP contribution in [0.25, 0.3) is 11.0 Å². The lowest BCUT2D eigenvalue weighted by Gasteiger charge is -2.34. The van der Waals surface area contributed by atoms with Crippen LogP contribution < -0.4 is 0 Å². The molecule has 5 nitrogen and oxygen atoms in total. The minimum Gasteiger partial charge on any atom is -0.334 e. The first kappa shape index (κ1) is 20.8. The van der Waals surface area contributed by atoms with Gasteiger partial charge in [0.1, 0.15) is 5.82 Å². The summed E-state index contributed by atoms with van der Waals surface area (Å²) in [6.45, 7) is 2.63. The molecule has 0 aliphatic carbocycles. The van der Waals surface area contributed by atoms with Crippen LogP contribution in [-0.2, 0) is 12.7 Å². The third-order valence-electron chi connectivity index (χ3n) is 5.07. The van der Waals surface area contributed by atoms with E-state index in [1.807, 2.05) is 0 Å². The number of aromatic amines is 1. The molecule has 30 heavy (non-hydrogen) atoms. The van der Waals surface area contributed by atoms with Crippen LogP contribution in [0.4, 0.5) is 17.6 Å². The number of imidazole rings is 1. The molecule has 0 bridgehead atoms. The van der Waals surface area contributed by atoms with E-state index in [2.05, 4.69) is 30.8 Å². The number of hydrogen-bond acceptors (Lipinski definition) is 3. The highest BCUT2D eigenvalue weighted by atomic mass is 79.9. The molecule has 158 valence electrons.